The number of carbonyl (C=O) groups is 2. The monoisotopic (exact) mass is 421 g/mol. The van der Waals surface area contributed by atoms with Crippen LogP contribution >= 0.6 is 15.9 Å². The zero-order valence-electron chi connectivity index (χ0n) is 14.8. The van der Waals surface area contributed by atoms with Gasteiger partial charge in [0.2, 0.25) is 0 Å². The molecule has 0 amide bonds. The van der Waals surface area contributed by atoms with Crippen LogP contribution < -0.4 is 10.1 Å². The highest BCUT2D eigenvalue weighted by molar-refractivity contribution is 9.10. The Morgan fingerprint density at radius 1 is 1.31 bits per heavy atom. The average Bonchev–Trinajstić information content (AvgIpc) is 2.62. The number of ether oxygens (including phenoxy) is 2. The van der Waals surface area contributed by atoms with Gasteiger partial charge in [-0.25, -0.2) is 4.79 Å². The van der Waals surface area contributed by atoms with Crippen molar-refractivity contribution in [1.82, 2.24) is 5.32 Å². The number of aromatic hydroxyl groups is 1. The summed E-state index contributed by atoms with van der Waals surface area (Å²) in [6, 6.07) is 3.36. The minimum atomic E-state index is -0.572. The van der Waals surface area contributed by atoms with Gasteiger partial charge in [0.1, 0.15) is 0 Å². The first-order chi connectivity index (χ1) is 12.4. The Morgan fingerprint density at radius 2 is 2.04 bits per heavy atom. The molecule has 0 unspecified atom stereocenters. The van der Waals surface area contributed by atoms with Crippen LogP contribution in [0.4, 0.5) is 0 Å². The summed E-state index contributed by atoms with van der Waals surface area (Å²) in [6.07, 6.45) is 1.97. The standard InChI is InChI=1S/C19H20BrNO5/c1-9-15(19(24)26-3)16(17-12(21-9)5-4-6-13(17)22)10-7-11(20)18(23)14(8-10)25-2/h7-8,16,21,23H,4-6H2,1-3H3/t16-/m0/s1. The van der Waals surface area contributed by atoms with Crippen LogP contribution in [-0.2, 0) is 14.3 Å². The number of benzene rings is 1. The van der Waals surface area contributed by atoms with Gasteiger partial charge in [0.15, 0.2) is 17.3 Å². The van der Waals surface area contributed by atoms with E-state index in [1.54, 1.807) is 19.1 Å². The number of rotatable bonds is 3. The number of esters is 1. The molecule has 0 saturated heterocycles. The lowest BCUT2D eigenvalue weighted by atomic mass is 9.75. The summed E-state index contributed by atoms with van der Waals surface area (Å²) in [5.74, 6) is -0.818. The van der Waals surface area contributed by atoms with Gasteiger partial charge >= 0.3 is 5.97 Å². The molecule has 1 aromatic carbocycles. The molecule has 138 valence electrons. The average molecular weight is 422 g/mol. The van der Waals surface area contributed by atoms with Crippen molar-refractivity contribution in [3.05, 3.63) is 44.7 Å². The van der Waals surface area contributed by atoms with Crippen LogP contribution in [0.5, 0.6) is 11.5 Å². The second-order valence-corrected chi connectivity index (χ2v) is 7.17. The molecule has 6 nitrogen and oxygen atoms in total. The van der Waals surface area contributed by atoms with Crippen LogP contribution in [0.2, 0.25) is 0 Å². The van der Waals surface area contributed by atoms with E-state index in [9.17, 15) is 14.7 Å². The summed E-state index contributed by atoms with van der Waals surface area (Å²) in [6.45, 7) is 1.80. The van der Waals surface area contributed by atoms with Gasteiger partial charge in [0, 0.05) is 29.3 Å². The number of methoxy groups -OCH3 is 2. The SMILES string of the molecule is COC(=O)C1=C(C)NC2=C(C(=O)CCC2)[C@H]1c1cc(Br)c(O)c(OC)c1. The third-order valence-electron chi connectivity index (χ3n) is 4.79. The number of ketones is 1. The molecule has 1 heterocycles. The highest BCUT2D eigenvalue weighted by atomic mass is 79.9. The Hall–Kier alpha value is -2.28. The van der Waals surface area contributed by atoms with Crippen LogP contribution in [0.3, 0.4) is 0 Å². The van der Waals surface area contributed by atoms with Gasteiger partial charge in [-0.05, 0) is 53.4 Å². The van der Waals surface area contributed by atoms with E-state index in [4.69, 9.17) is 9.47 Å². The maximum absolute atomic E-state index is 12.7. The summed E-state index contributed by atoms with van der Waals surface area (Å²) in [7, 11) is 2.77. The number of carbonyl (C=O) groups excluding carboxylic acids is 2. The fraction of sp³-hybridized carbons (Fsp3) is 0.368. The van der Waals surface area contributed by atoms with Crippen molar-refractivity contribution >= 4 is 27.7 Å². The van der Waals surface area contributed by atoms with Gasteiger partial charge in [0.05, 0.1) is 24.3 Å². The second-order valence-electron chi connectivity index (χ2n) is 6.31. The minimum Gasteiger partial charge on any atom is -0.503 e. The maximum Gasteiger partial charge on any atom is 0.336 e. The molecule has 3 rings (SSSR count). The van der Waals surface area contributed by atoms with Gasteiger partial charge < -0.3 is 19.9 Å². The Labute approximate surface area is 160 Å². The Balaban J connectivity index is 2.25. The summed E-state index contributed by atoms with van der Waals surface area (Å²) in [4.78, 5) is 25.2. The quantitative estimate of drug-likeness (QED) is 0.728. The summed E-state index contributed by atoms with van der Waals surface area (Å²) < 4.78 is 10.6. The Morgan fingerprint density at radius 3 is 2.69 bits per heavy atom. The normalized spacial score (nSPS) is 19.8. The van der Waals surface area contributed by atoms with E-state index in [-0.39, 0.29) is 17.3 Å². The topological polar surface area (TPSA) is 84.9 Å². The molecular formula is C19H20BrNO5. The van der Waals surface area contributed by atoms with Crippen LogP contribution in [0, 0.1) is 0 Å². The van der Waals surface area contributed by atoms with Crippen LogP contribution in [0.15, 0.2) is 39.1 Å². The van der Waals surface area contributed by atoms with Crippen molar-refractivity contribution in [2.45, 2.75) is 32.1 Å². The zero-order valence-corrected chi connectivity index (χ0v) is 16.4. The third-order valence-corrected chi connectivity index (χ3v) is 5.39. The first kappa shape index (κ1) is 18.5. The van der Waals surface area contributed by atoms with Crippen molar-refractivity contribution in [3.63, 3.8) is 0 Å². The summed E-state index contributed by atoms with van der Waals surface area (Å²) in [5.41, 5.74) is 3.16. The summed E-state index contributed by atoms with van der Waals surface area (Å²) in [5, 5.41) is 13.3. The highest BCUT2D eigenvalue weighted by Crippen LogP contribution is 2.46. The number of nitrogens with one attached hydrogen (secondary N) is 1. The molecule has 1 atom stereocenters. The number of hydrogen-bond donors (Lipinski definition) is 2. The molecule has 1 aliphatic heterocycles. The number of phenolic OH excluding ortho intramolecular Hbond substituents is 1. The third kappa shape index (κ3) is 3.00. The van der Waals surface area contributed by atoms with E-state index in [0.717, 1.165) is 18.5 Å². The van der Waals surface area contributed by atoms with Crippen LogP contribution in [0.25, 0.3) is 0 Å². The van der Waals surface area contributed by atoms with Gasteiger partial charge in [0.25, 0.3) is 0 Å². The molecular weight excluding hydrogens is 402 g/mol. The number of hydrogen-bond acceptors (Lipinski definition) is 6. The molecule has 0 fully saturated rings. The highest BCUT2D eigenvalue weighted by Gasteiger charge is 2.39. The fourth-order valence-corrected chi connectivity index (χ4v) is 4.07. The van der Waals surface area contributed by atoms with Crippen LogP contribution in [-0.4, -0.2) is 31.1 Å². The predicted molar refractivity (Wildman–Crippen MR) is 98.8 cm³/mol. The first-order valence-electron chi connectivity index (χ1n) is 8.27. The Kier molecular flexibility index (Phi) is 5.09. The van der Waals surface area contributed by atoms with Gasteiger partial charge in [-0.2, -0.15) is 0 Å². The number of dihydropyridines is 1. The Bertz CT molecular complexity index is 856. The summed E-state index contributed by atoms with van der Waals surface area (Å²) >= 11 is 3.32. The second kappa shape index (κ2) is 7.15. The zero-order chi connectivity index (χ0) is 19.0. The molecule has 1 aromatic rings. The van der Waals surface area contributed by atoms with Gasteiger partial charge in [-0.1, -0.05) is 0 Å². The van der Waals surface area contributed by atoms with Crippen molar-refractivity contribution in [2.24, 2.45) is 0 Å². The molecule has 1 aliphatic carbocycles. The molecule has 0 aromatic heterocycles. The van der Waals surface area contributed by atoms with Crippen molar-refractivity contribution < 1.29 is 24.2 Å². The number of allylic oxidation sites excluding steroid dienone is 3. The van der Waals surface area contributed by atoms with Crippen molar-refractivity contribution in [3.8, 4) is 11.5 Å². The predicted octanol–water partition coefficient (Wildman–Crippen LogP) is 3.30. The first-order valence-corrected chi connectivity index (χ1v) is 9.07. The lowest BCUT2D eigenvalue weighted by Gasteiger charge is -2.34. The smallest absolute Gasteiger partial charge is 0.336 e. The molecule has 26 heavy (non-hydrogen) atoms. The maximum atomic E-state index is 12.7. The van der Waals surface area contributed by atoms with Gasteiger partial charge in [-0.15, -0.1) is 0 Å². The van der Waals surface area contributed by atoms with Crippen molar-refractivity contribution in [2.75, 3.05) is 14.2 Å². The molecule has 0 spiro atoms. The number of phenols is 1. The minimum absolute atomic E-state index is 0.0146. The molecule has 0 radical (unpaired) electrons. The molecule has 0 saturated carbocycles. The molecule has 2 aliphatic rings. The van der Waals surface area contributed by atoms with E-state index in [0.29, 0.717) is 33.3 Å². The van der Waals surface area contributed by atoms with E-state index >= 15 is 0 Å². The van der Waals surface area contributed by atoms with Crippen molar-refractivity contribution in [1.29, 1.82) is 0 Å². The number of halogens is 1. The lowest BCUT2D eigenvalue weighted by Crippen LogP contribution is -2.34. The van der Waals surface area contributed by atoms with Gasteiger partial charge in [-0.3, -0.25) is 4.79 Å². The molecule has 2 N–H and O–H groups in total. The fourth-order valence-electron chi connectivity index (χ4n) is 3.61. The molecule has 0 bridgehead atoms. The largest absolute Gasteiger partial charge is 0.503 e. The van der Waals surface area contributed by atoms with Crippen LogP contribution in [0.1, 0.15) is 37.7 Å². The number of Topliss-reactive ketones (excluding diaryl/α,β-unsaturated/α-hetero) is 1. The van der Waals surface area contributed by atoms with E-state index in [1.165, 1.54) is 14.2 Å². The molecule has 7 heteroatoms. The van der Waals surface area contributed by atoms with E-state index in [2.05, 4.69) is 21.2 Å². The van der Waals surface area contributed by atoms with E-state index in [1.807, 2.05) is 0 Å². The lowest BCUT2D eigenvalue weighted by molar-refractivity contribution is -0.136. The van der Waals surface area contributed by atoms with E-state index < -0.39 is 11.9 Å².